The molecule has 0 spiro atoms. The summed E-state index contributed by atoms with van der Waals surface area (Å²) in [7, 11) is -2.80. The average molecular weight is 156 g/mol. The van der Waals surface area contributed by atoms with Crippen LogP contribution in [0.1, 0.15) is 0 Å². The van der Waals surface area contributed by atoms with Crippen molar-refractivity contribution >= 4 is 7.82 Å². The van der Waals surface area contributed by atoms with E-state index in [1.54, 1.807) is 0 Å². The molecule has 0 radical (unpaired) electrons. The summed E-state index contributed by atoms with van der Waals surface area (Å²) in [5.41, 5.74) is 0. The number of rotatable bonds is 4. The third-order valence-electron chi connectivity index (χ3n) is 0.576. The molecule has 6 heteroatoms. The molecule has 0 saturated carbocycles. The van der Waals surface area contributed by atoms with E-state index in [2.05, 4.69) is 9.05 Å². The van der Waals surface area contributed by atoms with Gasteiger partial charge in [0.25, 0.3) is 0 Å². The van der Waals surface area contributed by atoms with Gasteiger partial charge in [0, 0.05) is 7.11 Å². The van der Waals surface area contributed by atoms with Crippen LogP contribution >= 0.6 is 7.82 Å². The molecule has 0 aromatic rings. The molecule has 0 aliphatic rings. The monoisotopic (exact) mass is 156 g/mol. The van der Waals surface area contributed by atoms with Gasteiger partial charge in [-0.3, -0.25) is 9.05 Å². The summed E-state index contributed by atoms with van der Waals surface area (Å²) >= 11 is 0. The SMILES string of the molecule is COP(=O)(O)OCCO. The second-order valence-electron chi connectivity index (χ2n) is 1.21. The normalized spacial score (nSPS) is 17.2. The van der Waals surface area contributed by atoms with E-state index >= 15 is 0 Å². The molecule has 0 aromatic carbocycles. The summed E-state index contributed by atoms with van der Waals surface area (Å²) in [5.74, 6) is 0. The van der Waals surface area contributed by atoms with Crippen LogP contribution in [0.3, 0.4) is 0 Å². The van der Waals surface area contributed by atoms with Crippen LogP contribution in [0, 0.1) is 0 Å². The Kier molecular flexibility index (Phi) is 4.01. The first kappa shape index (κ1) is 9.07. The van der Waals surface area contributed by atoms with Gasteiger partial charge >= 0.3 is 7.82 Å². The Morgan fingerprint density at radius 3 is 2.56 bits per heavy atom. The average Bonchev–Trinajstić information content (AvgIpc) is 1.84. The molecule has 0 heterocycles. The Labute approximate surface area is 52.8 Å². The van der Waals surface area contributed by atoms with Crippen LogP contribution < -0.4 is 0 Å². The van der Waals surface area contributed by atoms with Gasteiger partial charge in [-0.25, -0.2) is 4.57 Å². The fraction of sp³-hybridized carbons (Fsp3) is 1.00. The van der Waals surface area contributed by atoms with Crippen molar-refractivity contribution in [2.24, 2.45) is 0 Å². The zero-order valence-electron chi connectivity index (χ0n) is 4.98. The van der Waals surface area contributed by atoms with Crippen LogP contribution in [0.5, 0.6) is 0 Å². The van der Waals surface area contributed by atoms with Crippen molar-refractivity contribution in [2.45, 2.75) is 0 Å². The van der Waals surface area contributed by atoms with E-state index in [9.17, 15) is 4.57 Å². The van der Waals surface area contributed by atoms with Gasteiger partial charge in [0.15, 0.2) is 0 Å². The van der Waals surface area contributed by atoms with E-state index in [0.29, 0.717) is 0 Å². The first-order valence-electron chi connectivity index (χ1n) is 2.26. The van der Waals surface area contributed by atoms with Crippen LogP contribution in [0.25, 0.3) is 0 Å². The van der Waals surface area contributed by atoms with Gasteiger partial charge in [0.2, 0.25) is 0 Å². The van der Waals surface area contributed by atoms with E-state index in [-0.39, 0.29) is 13.2 Å². The molecule has 0 saturated heterocycles. The standard InChI is InChI=1S/C3H9O5P/c1-7-9(5,6)8-3-2-4/h4H,2-3H2,1H3,(H,5,6). The van der Waals surface area contributed by atoms with Crippen molar-refractivity contribution in [3.05, 3.63) is 0 Å². The molecule has 0 rings (SSSR count). The van der Waals surface area contributed by atoms with E-state index in [4.69, 9.17) is 10.00 Å². The van der Waals surface area contributed by atoms with Gasteiger partial charge in [0.05, 0.1) is 13.2 Å². The summed E-state index contributed by atoms with van der Waals surface area (Å²) in [6, 6.07) is 0. The highest BCUT2D eigenvalue weighted by Crippen LogP contribution is 2.41. The number of aliphatic hydroxyl groups excluding tert-OH is 1. The Morgan fingerprint density at radius 2 is 2.22 bits per heavy atom. The second-order valence-corrected chi connectivity index (χ2v) is 2.77. The van der Waals surface area contributed by atoms with Crippen molar-refractivity contribution in [3.63, 3.8) is 0 Å². The van der Waals surface area contributed by atoms with Gasteiger partial charge in [0.1, 0.15) is 0 Å². The topological polar surface area (TPSA) is 76.0 Å². The lowest BCUT2D eigenvalue weighted by atomic mass is 10.8. The lowest BCUT2D eigenvalue weighted by Crippen LogP contribution is -1.97. The largest absolute Gasteiger partial charge is 0.471 e. The molecule has 56 valence electrons. The fourth-order valence-electron chi connectivity index (χ4n) is 0.209. The fourth-order valence-corrected chi connectivity index (χ4v) is 0.627. The lowest BCUT2D eigenvalue weighted by Gasteiger charge is -2.06. The summed E-state index contributed by atoms with van der Waals surface area (Å²) in [6.45, 7) is -0.491. The Bertz CT molecular complexity index is 113. The molecule has 0 bridgehead atoms. The summed E-state index contributed by atoms with van der Waals surface area (Å²) in [6.07, 6.45) is 0. The molecule has 0 amide bonds. The Morgan fingerprint density at radius 1 is 1.67 bits per heavy atom. The molecule has 2 N–H and O–H groups in total. The summed E-state index contributed by atoms with van der Waals surface area (Å²) in [4.78, 5) is 8.45. The zero-order valence-corrected chi connectivity index (χ0v) is 5.88. The number of hydrogen-bond acceptors (Lipinski definition) is 4. The third-order valence-corrected chi connectivity index (χ3v) is 1.55. The Balaban J connectivity index is 3.46. The van der Waals surface area contributed by atoms with Gasteiger partial charge < -0.3 is 10.00 Å². The minimum Gasteiger partial charge on any atom is -0.394 e. The van der Waals surface area contributed by atoms with E-state index < -0.39 is 7.82 Å². The predicted octanol–water partition coefficient (Wildman–Crippen LogP) is -0.258. The maximum Gasteiger partial charge on any atom is 0.471 e. The van der Waals surface area contributed by atoms with Crippen molar-refractivity contribution in [1.29, 1.82) is 0 Å². The number of phosphoric acid groups is 1. The first-order chi connectivity index (χ1) is 4.12. The molecule has 0 fully saturated rings. The highest BCUT2D eigenvalue weighted by molar-refractivity contribution is 7.47. The predicted molar refractivity (Wildman–Crippen MR) is 29.9 cm³/mol. The second kappa shape index (κ2) is 3.98. The number of aliphatic hydroxyl groups is 1. The van der Waals surface area contributed by atoms with Crippen LogP contribution in [-0.2, 0) is 13.6 Å². The maximum absolute atomic E-state index is 10.3. The van der Waals surface area contributed by atoms with Gasteiger partial charge in [-0.2, -0.15) is 0 Å². The zero-order chi connectivity index (χ0) is 7.33. The van der Waals surface area contributed by atoms with Gasteiger partial charge in [-0.05, 0) is 0 Å². The van der Waals surface area contributed by atoms with Crippen LogP contribution in [0.15, 0.2) is 0 Å². The highest BCUT2D eigenvalue weighted by atomic mass is 31.2. The molecule has 1 unspecified atom stereocenters. The van der Waals surface area contributed by atoms with Crippen molar-refractivity contribution < 1.29 is 23.6 Å². The van der Waals surface area contributed by atoms with Gasteiger partial charge in [-0.15, -0.1) is 0 Å². The lowest BCUT2D eigenvalue weighted by molar-refractivity contribution is 0.138. The van der Waals surface area contributed by atoms with Crippen LogP contribution in [0.4, 0.5) is 0 Å². The van der Waals surface area contributed by atoms with Crippen molar-refractivity contribution in [3.8, 4) is 0 Å². The molecule has 5 nitrogen and oxygen atoms in total. The number of hydrogen-bond donors (Lipinski definition) is 2. The van der Waals surface area contributed by atoms with E-state index in [1.165, 1.54) is 0 Å². The van der Waals surface area contributed by atoms with Crippen LogP contribution in [0.2, 0.25) is 0 Å². The quantitative estimate of drug-likeness (QED) is 0.548. The molecular weight excluding hydrogens is 147 g/mol. The van der Waals surface area contributed by atoms with Crippen molar-refractivity contribution in [2.75, 3.05) is 20.3 Å². The minimum atomic E-state index is -3.85. The molecule has 9 heavy (non-hydrogen) atoms. The Hall–Kier alpha value is 0.0700. The summed E-state index contributed by atoms with van der Waals surface area (Å²) in [5, 5.41) is 8.11. The smallest absolute Gasteiger partial charge is 0.394 e. The molecule has 0 aliphatic carbocycles. The van der Waals surface area contributed by atoms with Crippen molar-refractivity contribution in [1.82, 2.24) is 0 Å². The molecule has 0 aromatic heterocycles. The van der Waals surface area contributed by atoms with Crippen LogP contribution in [-0.4, -0.2) is 30.3 Å². The van der Waals surface area contributed by atoms with Gasteiger partial charge in [-0.1, -0.05) is 0 Å². The maximum atomic E-state index is 10.3. The van der Waals surface area contributed by atoms with E-state index in [0.717, 1.165) is 7.11 Å². The molecule has 1 atom stereocenters. The minimum absolute atomic E-state index is 0.193. The molecule has 0 aliphatic heterocycles. The third kappa shape index (κ3) is 4.57. The first-order valence-corrected chi connectivity index (χ1v) is 3.76. The number of phosphoric ester groups is 1. The van der Waals surface area contributed by atoms with E-state index in [1.807, 2.05) is 0 Å². The molecular formula is C3H9O5P. The highest BCUT2D eigenvalue weighted by Gasteiger charge is 2.16. The summed E-state index contributed by atoms with van der Waals surface area (Å²) < 4.78 is 18.5.